The molecule has 25 heavy (non-hydrogen) atoms. The van der Waals surface area contributed by atoms with Crippen molar-refractivity contribution in [3.8, 4) is 0 Å². The van der Waals surface area contributed by atoms with Gasteiger partial charge in [0.2, 0.25) is 0 Å². The van der Waals surface area contributed by atoms with E-state index in [9.17, 15) is 14.9 Å². The Morgan fingerprint density at radius 1 is 1.28 bits per heavy atom. The molecule has 0 bridgehead atoms. The van der Waals surface area contributed by atoms with E-state index in [1.54, 1.807) is 30.8 Å². The molecule has 0 spiro atoms. The van der Waals surface area contributed by atoms with E-state index >= 15 is 0 Å². The molecule has 2 aromatic carbocycles. The number of nitrogens with one attached hydrogen (secondary N) is 1. The number of aryl methyl sites for hydroxylation is 1. The summed E-state index contributed by atoms with van der Waals surface area (Å²) in [5.74, 6) is 0.450. The number of nitro benzene ring substituents is 1. The summed E-state index contributed by atoms with van der Waals surface area (Å²) in [6, 6.07) is 12.1. The first-order chi connectivity index (χ1) is 12.0. The lowest BCUT2D eigenvalue weighted by Crippen LogP contribution is -2.13. The van der Waals surface area contributed by atoms with E-state index in [1.807, 2.05) is 30.5 Å². The molecule has 3 rings (SSSR count). The van der Waals surface area contributed by atoms with Crippen LogP contribution in [0.1, 0.15) is 21.7 Å². The van der Waals surface area contributed by atoms with Crippen molar-refractivity contribution in [2.75, 3.05) is 11.6 Å². The van der Waals surface area contributed by atoms with Crippen LogP contribution in [0.3, 0.4) is 0 Å². The van der Waals surface area contributed by atoms with Gasteiger partial charge in [-0.25, -0.2) is 0 Å². The van der Waals surface area contributed by atoms with Crippen molar-refractivity contribution >= 4 is 40.0 Å². The molecule has 0 aliphatic heterocycles. The van der Waals surface area contributed by atoms with E-state index < -0.39 is 10.8 Å². The number of hydrogen-bond acceptors (Lipinski definition) is 5. The highest BCUT2D eigenvalue weighted by Crippen LogP contribution is 2.30. The number of anilines is 1. The maximum atomic E-state index is 12.7. The van der Waals surface area contributed by atoms with Crippen LogP contribution in [-0.2, 0) is 5.75 Å². The van der Waals surface area contributed by atoms with Crippen LogP contribution in [0.2, 0.25) is 0 Å². The van der Waals surface area contributed by atoms with Gasteiger partial charge in [-0.2, -0.15) is 11.8 Å². The molecule has 0 saturated heterocycles. The second-order valence-electron chi connectivity index (χ2n) is 5.55. The second kappa shape index (κ2) is 6.98. The lowest BCUT2D eigenvalue weighted by Gasteiger charge is -2.06. The molecule has 0 aliphatic carbocycles. The molecule has 1 heterocycles. The highest BCUT2D eigenvalue weighted by atomic mass is 32.2. The third-order valence-corrected chi connectivity index (χ3v) is 4.43. The number of benzene rings is 2. The van der Waals surface area contributed by atoms with Crippen LogP contribution in [0, 0.1) is 17.0 Å². The molecule has 3 aromatic rings. The van der Waals surface area contributed by atoms with E-state index in [0.717, 1.165) is 10.9 Å². The fraction of sp³-hybridized carbons (Fsp3) is 0.167. The fourth-order valence-corrected chi connectivity index (χ4v) is 3.22. The maximum absolute atomic E-state index is 12.7. The van der Waals surface area contributed by atoms with Crippen LogP contribution in [0.4, 0.5) is 11.4 Å². The van der Waals surface area contributed by atoms with Crippen molar-refractivity contribution in [1.29, 1.82) is 0 Å². The Balaban J connectivity index is 1.96. The molecule has 7 heteroatoms. The van der Waals surface area contributed by atoms with Crippen LogP contribution >= 0.6 is 11.8 Å². The van der Waals surface area contributed by atoms with Gasteiger partial charge in [0.1, 0.15) is 5.58 Å². The summed E-state index contributed by atoms with van der Waals surface area (Å²) in [7, 11) is 0. The largest absolute Gasteiger partial charge is 0.451 e. The Morgan fingerprint density at radius 2 is 2.04 bits per heavy atom. The minimum Gasteiger partial charge on any atom is -0.451 e. The molecule has 1 N–H and O–H groups in total. The number of fused-ring (bicyclic) bond motifs is 1. The summed E-state index contributed by atoms with van der Waals surface area (Å²) in [4.78, 5) is 23.3. The molecule has 128 valence electrons. The average molecular weight is 356 g/mol. The molecular weight excluding hydrogens is 340 g/mol. The highest BCUT2D eigenvalue weighted by Gasteiger charge is 2.21. The number of nitro groups is 1. The van der Waals surface area contributed by atoms with E-state index in [4.69, 9.17) is 4.42 Å². The van der Waals surface area contributed by atoms with Crippen molar-refractivity contribution < 1.29 is 14.1 Å². The predicted molar refractivity (Wildman–Crippen MR) is 99.2 cm³/mol. The van der Waals surface area contributed by atoms with Gasteiger partial charge in [-0.1, -0.05) is 24.3 Å². The van der Waals surface area contributed by atoms with Crippen LogP contribution in [0.15, 0.2) is 46.9 Å². The van der Waals surface area contributed by atoms with Gasteiger partial charge in [0, 0.05) is 34.0 Å². The minimum absolute atomic E-state index is 0.0354. The summed E-state index contributed by atoms with van der Waals surface area (Å²) in [5, 5.41) is 14.7. The third kappa shape index (κ3) is 3.36. The molecule has 0 saturated carbocycles. The van der Waals surface area contributed by atoms with Gasteiger partial charge < -0.3 is 9.73 Å². The Kier molecular flexibility index (Phi) is 4.76. The third-order valence-electron chi connectivity index (χ3n) is 3.86. The molecule has 0 radical (unpaired) electrons. The fourth-order valence-electron chi connectivity index (χ4n) is 2.64. The zero-order chi connectivity index (χ0) is 18.0. The molecule has 6 nitrogen and oxygen atoms in total. The summed E-state index contributed by atoms with van der Waals surface area (Å²) >= 11 is 1.59. The lowest BCUT2D eigenvalue weighted by atomic mass is 10.1. The van der Waals surface area contributed by atoms with E-state index in [0.29, 0.717) is 22.6 Å². The SMILES string of the molecule is CSCc1c(C(=O)Nc2ccc(C)c([N+](=O)[O-])c2)oc2ccccc12. The van der Waals surface area contributed by atoms with Gasteiger partial charge >= 0.3 is 0 Å². The highest BCUT2D eigenvalue weighted by molar-refractivity contribution is 7.97. The normalized spacial score (nSPS) is 10.8. The van der Waals surface area contributed by atoms with Crippen LogP contribution in [0.25, 0.3) is 11.0 Å². The molecule has 0 atom stereocenters. The van der Waals surface area contributed by atoms with Gasteiger partial charge in [-0.15, -0.1) is 0 Å². The summed E-state index contributed by atoms with van der Waals surface area (Å²) in [6.45, 7) is 1.65. The standard InChI is InChI=1S/C18H16N2O4S/c1-11-7-8-12(9-15(11)20(22)23)19-18(21)17-14(10-25-2)13-5-3-4-6-16(13)24-17/h3-9H,10H2,1-2H3,(H,19,21). The number of furan rings is 1. The number of nitrogens with zero attached hydrogens (tertiary/aromatic N) is 1. The van der Waals surface area contributed by atoms with Crippen molar-refractivity contribution in [1.82, 2.24) is 0 Å². The molecular formula is C18H16N2O4S. The number of para-hydroxylation sites is 1. The molecule has 1 amide bonds. The monoisotopic (exact) mass is 356 g/mol. The zero-order valence-electron chi connectivity index (χ0n) is 13.7. The second-order valence-corrected chi connectivity index (χ2v) is 6.42. The zero-order valence-corrected chi connectivity index (χ0v) is 14.6. The number of hydrogen-bond donors (Lipinski definition) is 1. The minimum atomic E-state index is -0.467. The topological polar surface area (TPSA) is 85.4 Å². The summed E-state index contributed by atoms with van der Waals surface area (Å²) < 4.78 is 5.73. The van der Waals surface area contributed by atoms with Crippen LogP contribution in [-0.4, -0.2) is 17.1 Å². The van der Waals surface area contributed by atoms with Crippen LogP contribution < -0.4 is 5.32 Å². The first-order valence-electron chi connectivity index (χ1n) is 7.57. The van der Waals surface area contributed by atoms with Crippen molar-refractivity contribution in [3.63, 3.8) is 0 Å². The quantitative estimate of drug-likeness (QED) is 0.526. The summed E-state index contributed by atoms with van der Waals surface area (Å²) in [5.41, 5.74) is 2.33. The molecule has 0 unspecified atom stereocenters. The van der Waals surface area contributed by atoms with Gasteiger partial charge in [0.05, 0.1) is 4.92 Å². The van der Waals surface area contributed by atoms with E-state index in [-0.39, 0.29) is 11.4 Å². The van der Waals surface area contributed by atoms with Gasteiger partial charge in [-0.05, 0) is 25.3 Å². The molecule has 0 fully saturated rings. The first kappa shape index (κ1) is 17.0. The van der Waals surface area contributed by atoms with E-state index in [2.05, 4.69) is 5.32 Å². The number of carbonyl (C=O) groups excluding carboxylic acids is 1. The van der Waals surface area contributed by atoms with Crippen molar-refractivity contribution in [2.45, 2.75) is 12.7 Å². The predicted octanol–water partition coefficient (Wildman–Crippen LogP) is 4.76. The number of amides is 1. The Hall–Kier alpha value is -2.80. The smallest absolute Gasteiger partial charge is 0.291 e. The Labute approximate surface area is 148 Å². The Morgan fingerprint density at radius 3 is 2.76 bits per heavy atom. The first-order valence-corrected chi connectivity index (χ1v) is 8.96. The van der Waals surface area contributed by atoms with Gasteiger partial charge in [0.15, 0.2) is 5.76 Å². The summed E-state index contributed by atoms with van der Waals surface area (Å²) in [6.07, 6.45) is 1.95. The van der Waals surface area contributed by atoms with Crippen molar-refractivity contribution in [2.24, 2.45) is 0 Å². The number of rotatable bonds is 5. The maximum Gasteiger partial charge on any atom is 0.291 e. The van der Waals surface area contributed by atoms with Gasteiger partial charge in [0.25, 0.3) is 11.6 Å². The average Bonchev–Trinajstić information content (AvgIpc) is 2.96. The number of carbonyl (C=O) groups is 1. The lowest BCUT2D eigenvalue weighted by molar-refractivity contribution is -0.385. The Bertz CT molecular complexity index is 965. The van der Waals surface area contributed by atoms with Crippen LogP contribution in [0.5, 0.6) is 0 Å². The van der Waals surface area contributed by atoms with E-state index in [1.165, 1.54) is 6.07 Å². The van der Waals surface area contributed by atoms with Crippen molar-refractivity contribution in [3.05, 3.63) is 69.5 Å². The number of thioether (sulfide) groups is 1. The van der Waals surface area contributed by atoms with Gasteiger partial charge in [-0.3, -0.25) is 14.9 Å². The molecule has 0 aliphatic rings. The molecule has 1 aromatic heterocycles.